The van der Waals surface area contributed by atoms with E-state index in [-0.39, 0.29) is 18.5 Å². The van der Waals surface area contributed by atoms with Gasteiger partial charge in [0.15, 0.2) is 0 Å². The van der Waals surface area contributed by atoms with Crippen molar-refractivity contribution in [3.05, 3.63) is 12.4 Å². The van der Waals surface area contributed by atoms with Gasteiger partial charge in [-0.05, 0) is 25.3 Å². The molecule has 6 nitrogen and oxygen atoms in total. The van der Waals surface area contributed by atoms with Crippen LogP contribution < -0.4 is 5.73 Å². The van der Waals surface area contributed by atoms with Gasteiger partial charge in [0.05, 0.1) is 6.20 Å². The van der Waals surface area contributed by atoms with Crippen molar-refractivity contribution in [2.75, 3.05) is 13.6 Å². The van der Waals surface area contributed by atoms with Crippen LogP contribution in [0.2, 0.25) is 0 Å². The molecular formula is C12H21N5O. The third-order valence-electron chi connectivity index (χ3n) is 3.83. The average molecular weight is 251 g/mol. The van der Waals surface area contributed by atoms with Crippen molar-refractivity contribution in [2.24, 2.45) is 11.7 Å². The molecule has 1 heterocycles. The molecule has 1 aromatic rings. The molecule has 6 heteroatoms. The lowest BCUT2D eigenvalue weighted by Crippen LogP contribution is -2.47. The van der Waals surface area contributed by atoms with Gasteiger partial charge in [0.2, 0.25) is 5.91 Å². The normalized spacial score (nSPS) is 23.9. The van der Waals surface area contributed by atoms with Gasteiger partial charge in [0.1, 0.15) is 6.54 Å². The summed E-state index contributed by atoms with van der Waals surface area (Å²) in [4.78, 5) is 14.0. The first-order valence-corrected chi connectivity index (χ1v) is 6.52. The van der Waals surface area contributed by atoms with E-state index in [2.05, 4.69) is 10.3 Å². The van der Waals surface area contributed by atoms with Crippen molar-refractivity contribution in [3.8, 4) is 0 Å². The minimum Gasteiger partial charge on any atom is -0.341 e. The SMILES string of the molecule is CN(C(=O)Cn1ccnn1)C1CCCCC1CN. The molecule has 2 atom stereocenters. The summed E-state index contributed by atoms with van der Waals surface area (Å²) < 4.78 is 1.55. The maximum atomic E-state index is 12.2. The minimum atomic E-state index is 0.0749. The number of rotatable bonds is 4. The number of hydrogen-bond acceptors (Lipinski definition) is 4. The summed E-state index contributed by atoms with van der Waals surface area (Å²) in [6.07, 6.45) is 7.87. The number of aromatic nitrogens is 3. The minimum absolute atomic E-state index is 0.0749. The molecule has 1 aliphatic carbocycles. The number of nitrogens with two attached hydrogens (primary N) is 1. The number of hydrogen-bond donors (Lipinski definition) is 1. The second-order valence-corrected chi connectivity index (χ2v) is 4.95. The Labute approximate surface area is 107 Å². The fourth-order valence-electron chi connectivity index (χ4n) is 2.73. The molecule has 0 radical (unpaired) electrons. The lowest BCUT2D eigenvalue weighted by atomic mass is 9.83. The summed E-state index contributed by atoms with van der Waals surface area (Å²) in [5.74, 6) is 0.509. The van der Waals surface area contributed by atoms with Crippen LogP contribution in [-0.4, -0.2) is 45.4 Å². The van der Waals surface area contributed by atoms with Gasteiger partial charge in [0, 0.05) is 19.3 Å². The zero-order chi connectivity index (χ0) is 13.0. The van der Waals surface area contributed by atoms with Crippen LogP contribution in [0.25, 0.3) is 0 Å². The quantitative estimate of drug-likeness (QED) is 0.832. The smallest absolute Gasteiger partial charge is 0.244 e. The van der Waals surface area contributed by atoms with E-state index in [0.29, 0.717) is 12.5 Å². The molecule has 0 saturated heterocycles. The molecule has 1 fully saturated rings. The van der Waals surface area contributed by atoms with E-state index in [1.165, 1.54) is 12.8 Å². The molecule has 100 valence electrons. The summed E-state index contributed by atoms with van der Waals surface area (Å²) in [6.45, 7) is 0.913. The van der Waals surface area contributed by atoms with E-state index in [1.807, 2.05) is 11.9 Å². The first kappa shape index (κ1) is 13.0. The Morgan fingerprint density at radius 3 is 2.94 bits per heavy atom. The van der Waals surface area contributed by atoms with Crippen LogP contribution in [0.4, 0.5) is 0 Å². The molecule has 2 unspecified atom stereocenters. The average Bonchev–Trinajstić information content (AvgIpc) is 2.90. The summed E-state index contributed by atoms with van der Waals surface area (Å²) in [7, 11) is 1.87. The van der Waals surface area contributed by atoms with Crippen LogP contribution in [-0.2, 0) is 11.3 Å². The Morgan fingerprint density at radius 2 is 2.28 bits per heavy atom. The molecule has 0 aliphatic heterocycles. The van der Waals surface area contributed by atoms with Gasteiger partial charge in [-0.15, -0.1) is 5.10 Å². The number of amides is 1. The van der Waals surface area contributed by atoms with Crippen LogP contribution in [0.1, 0.15) is 25.7 Å². The zero-order valence-electron chi connectivity index (χ0n) is 10.8. The maximum absolute atomic E-state index is 12.2. The summed E-state index contributed by atoms with van der Waals surface area (Å²) in [5, 5.41) is 7.52. The monoisotopic (exact) mass is 251 g/mol. The highest BCUT2D eigenvalue weighted by atomic mass is 16.2. The van der Waals surface area contributed by atoms with Crippen molar-refractivity contribution in [1.29, 1.82) is 0 Å². The molecule has 1 saturated carbocycles. The van der Waals surface area contributed by atoms with Gasteiger partial charge in [0.25, 0.3) is 0 Å². The van der Waals surface area contributed by atoms with E-state index in [9.17, 15) is 4.79 Å². The van der Waals surface area contributed by atoms with Crippen molar-refractivity contribution in [3.63, 3.8) is 0 Å². The lowest BCUT2D eigenvalue weighted by molar-refractivity contribution is -0.134. The van der Waals surface area contributed by atoms with Gasteiger partial charge in [-0.2, -0.15) is 0 Å². The first-order valence-electron chi connectivity index (χ1n) is 6.52. The van der Waals surface area contributed by atoms with Gasteiger partial charge in [-0.3, -0.25) is 4.79 Å². The predicted molar refractivity (Wildman–Crippen MR) is 67.6 cm³/mol. The van der Waals surface area contributed by atoms with Crippen molar-refractivity contribution in [1.82, 2.24) is 19.9 Å². The van der Waals surface area contributed by atoms with E-state index in [4.69, 9.17) is 5.73 Å². The Kier molecular flexibility index (Phi) is 4.30. The molecular weight excluding hydrogens is 230 g/mol. The van der Waals surface area contributed by atoms with Crippen molar-refractivity contribution >= 4 is 5.91 Å². The highest BCUT2D eigenvalue weighted by Gasteiger charge is 2.29. The fourth-order valence-corrected chi connectivity index (χ4v) is 2.73. The molecule has 0 bridgehead atoms. The number of likely N-dealkylation sites (N-methyl/N-ethyl adjacent to an activating group) is 1. The third-order valence-corrected chi connectivity index (χ3v) is 3.83. The molecule has 2 rings (SSSR count). The Hall–Kier alpha value is -1.43. The Bertz CT molecular complexity index is 378. The number of carbonyl (C=O) groups is 1. The van der Waals surface area contributed by atoms with Crippen molar-refractivity contribution < 1.29 is 4.79 Å². The highest BCUT2D eigenvalue weighted by Crippen LogP contribution is 2.27. The zero-order valence-corrected chi connectivity index (χ0v) is 10.8. The van der Waals surface area contributed by atoms with E-state index in [0.717, 1.165) is 12.8 Å². The van der Waals surface area contributed by atoms with Crippen LogP contribution in [0.5, 0.6) is 0 Å². The second kappa shape index (κ2) is 5.95. The number of nitrogens with zero attached hydrogens (tertiary/aromatic N) is 4. The van der Waals surface area contributed by atoms with Crippen LogP contribution in [0.15, 0.2) is 12.4 Å². The molecule has 0 aromatic carbocycles. The van der Waals surface area contributed by atoms with Gasteiger partial charge < -0.3 is 10.6 Å². The van der Waals surface area contributed by atoms with Crippen LogP contribution >= 0.6 is 0 Å². The van der Waals surface area contributed by atoms with Crippen LogP contribution in [0, 0.1) is 5.92 Å². The summed E-state index contributed by atoms with van der Waals surface area (Å²) in [6, 6.07) is 0.278. The molecule has 18 heavy (non-hydrogen) atoms. The van der Waals surface area contributed by atoms with E-state index in [1.54, 1.807) is 17.1 Å². The molecule has 1 amide bonds. The van der Waals surface area contributed by atoms with Gasteiger partial charge in [-0.25, -0.2) is 4.68 Å². The fraction of sp³-hybridized carbons (Fsp3) is 0.750. The molecule has 2 N–H and O–H groups in total. The molecule has 0 spiro atoms. The highest BCUT2D eigenvalue weighted by molar-refractivity contribution is 5.76. The second-order valence-electron chi connectivity index (χ2n) is 4.95. The van der Waals surface area contributed by atoms with E-state index >= 15 is 0 Å². The molecule has 1 aliphatic rings. The topological polar surface area (TPSA) is 77.0 Å². The van der Waals surface area contributed by atoms with Gasteiger partial charge >= 0.3 is 0 Å². The Morgan fingerprint density at radius 1 is 1.50 bits per heavy atom. The third kappa shape index (κ3) is 2.87. The Balaban J connectivity index is 1.96. The summed E-state index contributed by atoms with van der Waals surface area (Å²) >= 11 is 0. The van der Waals surface area contributed by atoms with Crippen LogP contribution in [0.3, 0.4) is 0 Å². The predicted octanol–water partition coefficient (Wildman–Crippen LogP) is 0.254. The standard InChI is InChI=1S/C12H21N5O/c1-16(11-5-3-2-4-10(11)8-13)12(18)9-17-7-6-14-15-17/h6-7,10-11H,2-5,8-9,13H2,1H3. The van der Waals surface area contributed by atoms with Gasteiger partial charge in [-0.1, -0.05) is 18.1 Å². The molecule has 1 aromatic heterocycles. The van der Waals surface area contributed by atoms with Crippen molar-refractivity contribution in [2.45, 2.75) is 38.3 Å². The lowest BCUT2D eigenvalue weighted by Gasteiger charge is -2.37. The van der Waals surface area contributed by atoms with E-state index < -0.39 is 0 Å². The largest absolute Gasteiger partial charge is 0.341 e. The maximum Gasteiger partial charge on any atom is 0.244 e. The first-order chi connectivity index (χ1) is 8.72. The number of carbonyl (C=O) groups excluding carboxylic acids is 1. The summed E-state index contributed by atoms with van der Waals surface area (Å²) in [5.41, 5.74) is 5.80.